The molecular formula is C67H112O6. The van der Waals surface area contributed by atoms with E-state index in [4.69, 9.17) is 14.2 Å². The van der Waals surface area contributed by atoms with Crippen LogP contribution in [0.25, 0.3) is 0 Å². The van der Waals surface area contributed by atoms with Crippen LogP contribution in [0.15, 0.2) is 109 Å². The highest BCUT2D eigenvalue weighted by Crippen LogP contribution is 2.15. The van der Waals surface area contributed by atoms with Gasteiger partial charge in [-0.1, -0.05) is 246 Å². The topological polar surface area (TPSA) is 78.9 Å². The number of unbranched alkanes of at least 4 members (excludes halogenated alkanes) is 25. The van der Waals surface area contributed by atoms with Gasteiger partial charge in [0.05, 0.1) is 0 Å². The summed E-state index contributed by atoms with van der Waals surface area (Å²) >= 11 is 0. The molecule has 0 fully saturated rings. The van der Waals surface area contributed by atoms with Gasteiger partial charge in [0, 0.05) is 19.3 Å². The molecular weight excluding hydrogens is 901 g/mol. The Morgan fingerprint density at radius 1 is 0.288 bits per heavy atom. The lowest BCUT2D eigenvalue weighted by Gasteiger charge is -2.18. The first-order chi connectivity index (χ1) is 36.0. The number of hydrogen-bond donors (Lipinski definition) is 0. The number of hydrogen-bond acceptors (Lipinski definition) is 6. The minimum atomic E-state index is -0.797. The molecule has 0 aromatic rings. The highest BCUT2D eigenvalue weighted by molar-refractivity contribution is 5.71. The molecule has 0 aromatic carbocycles. The van der Waals surface area contributed by atoms with Crippen LogP contribution in [-0.4, -0.2) is 37.2 Å². The van der Waals surface area contributed by atoms with E-state index in [1.807, 2.05) is 0 Å². The molecule has 0 aliphatic carbocycles. The summed E-state index contributed by atoms with van der Waals surface area (Å²) in [7, 11) is 0. The second-order valence-electron chi connectivity index (χ2n) is 19.8. The zero-order chi connectivity index (χ0) is 52.9. The molecule has 416 valence electrons. The van der Waals surface area contributed by atoms with E-state index in [1.54, 1.807) is 0 Å². The summed E-state index contributed by atoms with van der Waals surface area (Å²) in [6.45, 7) is 6.38. The minimum Gasteiger partial charge on any atom is -0.462 e. The van der Waals surface area contributed by atoms with E-state index in [-0.39, 0.29) is 31.1 Å². The number of allylic oxidation sites excluding steroid dienone is 18. The molecule has 0 heterocycles. The van der Waals surface area contributed by atoms with E-state index < -0.39 is 6.10 Å². The summed E-state index contributed by atoms with van der Waals surface area (Å²) in [4.78, 5) is 38.2. The second-order valence-corrected chi connectivity index (χ2v) is 19.8. The van der Waals surface area contributed by atoms with Crippen LogP contribution >= 0.6 is 0 Å². The summed E-state index contributed by atoms with van der Waals surface area (Å²) in [6, 6.07) is 0. The average Bonchev–Trinajstić information content (AvgIpc) is 3.39. The SMILES string of the molecule is CC/C=C\C/C=C\C/C=C\C/C=C\C/C=C\CCCCCCCCCCCC(=O)OCC(COC(=O)CCCCC/C=C\C/C=C\C/C=C\CC)OC(=O)CCCCCCCCC/C=C\CCCCCCCC. The van der Waals surface area contributed by atoms with Crippen LogP contribution in [0.4, 0.5) is 0 Å². The quantitative estimate of drug-likeness (QED) is 0.0261. The van der Waals surface area contributed by atoms with Crippen LogP contribution in [0.2, 0.25) is 0 Å². The van der Waals surface area contributed by atoms with Crippen LogP contribution < -0.4 is 0 Å². The van der Waals surface area contributed by atoms with Crippen molar-refractivity contribution >= 4 is 17.9 Å². The average molecular weight is 1010 g/mol. The van der Waals surface area contributed by atoms with Crippen molar-refractivity contribution in [3.05, 3.63) is 109 Å². The van der Waals surface area contributed by atoms with Crippen molar-refractivity contribution in [1.29, 1.82) is 0 Å². The molecule has 6 heteroatoms. The Morgan fingerprint density at radius 3 is 0.863 bits per heavy atom. The Bertz CT molecular complexity index is 1490. The van der Waals surface area contributed by atoms with Crippen molar-refractivity contribution < 1.29 is 28.6 Å². The molecule has 73 heavy (non-hydrogen) atoms. The highest BCUT2D eigenvalue weighted by atomic mass is 16.6. The number of esters is 3. The molecule has 6 nitrogen and oxygen atoms in total. The zero-order valence-corrected chi connectivity index (χ0v) is 47.6. The third-order valence-corrected chi connectivity index (χ3v) is 12.7. The first-order valence-corrected chi connectivity index (χ1v) is 30.4. The van der Waals surface area contributed by atoms with E-state index >= 15 is 0 Å². The molecule has 1 unspecified atom stereocenters. The van der Waals surface area contributed by atoms with Gasteiger partial charge in [-0.2, -0.15) is 0 Å². The lowest BCUT2D eigenvalue weighted by molar-refractivity contribution is -0.167. The van der Waals surface area contributed by atoms with Crippen molar-refractivity contribution in [2.24, 2.45) is 0 Å². The fourth-order valence-electron chi connectivity index (χ4n) is 8.24. The molecule has 0 aromatic heterocycles. The zero-order valence-electron chi connectivity index (χ0n) is 47.6. The van der Waals surface area contributed by atoms with E-state index in [1.165, 1.54) is 116 Å². The van der Waals surface area contributed by atoms with Crippen LogP contribution in [0.5, 0.6) is 0 Å². The van der Waals surface area contributed by atoms with Crippen molar-refractivity contribution in [2.75, 3.05) is 13.2 Å². The number of rotatable bonds is 54. The van der Waals surface area contributed by atoms with E-state index in [2.05, 4.69) is 130 Å². The maximum Gasteiger partial charge on any atom is 0.306 e. The van der Waals surface area contributed by atoms with Crippen LogP contribution in [-0.2, 0) is 28.6 Å². The van der Waals surface area contributed by atoms with Crippen molar-refractivity contribution in [2.45, 2.75) is 284 Å². The Balaban J connectivity index is 4.36. The number of carbonyl (C=O) groups is 3. The summed E-state index contributed by atoms with van der Waals surface area (Å²) in [6.07, 6.45) is 82.3. The summed E-state index contributed by atoms with van der Waals surface area (Å²) in [5, 5.41) is 0. The van der Waals surface area contributed by atoms with Crippen LogP contribution in [0.1, 0.15) is 278 Å². The number of carbonyl (C=O) groups excluding carboxylic acids is 3. The minimum absolute atomic E-state index is 0.0931. The second kappa shape index (κ2) is 60.6. The maximum atomic E-state index is 12.9. The Morgan fingerprint density at radius 2 is 0.534 bits per heavy atom. The fraction of sp³-hybridized carbons (Fsp3) is 0.687. The van der Waals surface area contributed by atoms with Gasteiger partial charge in [-0.3, -0.25) is 14.4 Å². The molecule has 0 rings (SSSR count). The van der Waals surface area contributed by atoms with Gasteiger partial charge in [0.1, 0.15) is 13.2 Å². The predicted molar refractivity (Wildman–Crippen MR) is 316 cm³/mol. The van der Waals surface area contributed by atoms with Crippen LogP contribution in [0, 0.1) is 0 Å². The number of ether oxygens (including phenoxy) is 3. The molecule has 0 N–H and O–H groups in total. The van der Waals surface area contributed by atoms with Gasteiger partial charge in [-0.05, 0) is 122 Å². The summed E-state index contributed by atoms with van der Waals surface area (Å²) < 4.78 is 16.9. The Labute approximate surface area is 450 Å². The molecule has 0 spiro atoms. The third-order valence-electron chi connectivity index (χ3n) is 12.7. The molecule has 0 radical (unpaired) electrons. The molecule has 1 atom stereocenters. The Hall–Kier alpha value is -3.93. The van der Waals surface area contributed by atoms with E-state index in [9.17, 15) is 14.4 Å². The molecule has 0 amide bonds. The Kier molecular flexibility index (Phi) is 57.4. The van der Waals surface area contributed by atoms with Gasteiger partial charge < -0.3 is 14.2 Å². The first-order valence-electron chi connectivity index (χ1n) is 30.4. The van der Waals surface area contributed by atoms with E-state index in [0.717, 1.165) is 122 Å². The molecule has 0 bridgehead atoms. The maximum absolute atomic E-state index is 12.9. The smallest absolute Gasteiger partial charge is 0.306 e. The lowest BCUT2D eigenvalue weighted by atomic mass is 10.1. The van der Waals surface area contributed by atoms with Gasteiger partial charge in [0.15, 0.2) is 6.10 Å². The normalized spacial score (nSPS) is 12.9. The van der Waals surface area contributed by atoms with Gasteiger partial charge in [-0.25, -0.2) is 0 Å². The van der Waals surface area contributed by atoms with Gasteiger partial charge in [-0.15, -0.1) is 0 Å². The van der Waals surface area contributed by atoms with Crippen molar-refractivity contribution in [1.82, 2.24) is 0 Å². The third kappa shape index (κ3) is 58.8. The van der Waals surface area contributed by atoms with Crippen molar-refractivity contribution in [3.8, 4) is 0 Å². The van der Waals surface area contributed by atoms with Gasteiger partial charge in [0.2, 0.25) is 0 Å². The molecule has 0 saturated carbocycles. The van der Waals surface area contributed by atoms with Crippen LogP contribution in [0.3, 0.4) is 0 Å². The van der Waals surface area contributed by atoms with Crippen molar-refractivity contribution in [3.63, 3.8) is 0 Å². The standard InChI is InChI=1S/C67H112O6/c1-4-7-10-13-16-19-22-25-27-29-30-31-32-33-34-35-36-38-39-42-45-48-51-54-57-60-66(69)72-63-64(62-71-65(68)59-56-53-50-47-44-41-24-21-18-15-12-9-6-3)73-67(70)61-58-55-52-49-46-43-40-37-28-26-23-20-17-14-11-8-5-2/h7,9-10,12,16,18-19,21,25-28,30-31,33-34,41,44,64H,4-6,8,11,13-15,17,20,22-24,29,32,35-40,42-43,45-63H2,1-3H3/b10-7-,12-9-,19-16-,21-18-,27-25-,28-26-,31-30-,34-33-,44-41-. The van der Waals surface area contributed by atoms with Gasteiger partial charge in [0.25, 0.3) is 0 Å². The molecule has 0 aliphatic rings. The molecule has 0 aliphatic heterocycles. The summed E-state index contributed by atoms with van der Waals surface area (Å²) in [5.74, 6) is -0.930. The highest BCUT2D eigenvalue weighted by Gasteiger charge is 2.19. The summed E-state index contributed by atoms with van der Waals surface area (Å²) in [5.41, 5.74) is 0. The predicted octanol–water partition coefficient (Wildman–Crippen LogP) is 20.7. The monoisotopic (exact) mass is 1010 g/mol. The fourth-order valence-corrected chi connectivity index (χ4v) is 8.24. The lowest BCUT2D eigenvalue weighted by Crippen LogP contribution is -2.30. The van der Waals surface area contributed by atoms with E-state index in [0.29, 0.717) is 19.3 Å². The largest absolute Gasteiger partial charge is 0.462 e. The van der Waals surface area contributed by atoms with Gasteiger partial charge >= 0.3 is 17.9 Å². The molecule has 0 saturated heterocycles. The first kappa shape index (κ1) is 69.1.